The largest absolute Gasteiger partial charge is 0.385 e. The molecule has 1 saturated heterocycles. The molecule has 1 aromatic heterocycles. The van der Waals surface area contributed by atoms with E-state index in [1.54, 1.807) is 7.11 Å². The molecule has 1 aliphatic rings. The first-order valence-electron chi connectivity index (χ1n) is 10.9. The molecule has 30 heavy (non-hydrogen) atoms. The summed E-state index contributed by atoms with van der Waals surface area (Å²) >= 11 is 0. The molecular formula is C23H35N5O2. The summed E-state index contributed by atoms with van der Waals surface area (Å²) in [6.07, 6.45) is 8.17. The monoisotopic (exact) mass is 413 g/mol. The number of likely N-dealkylation sites (tertiary alicyclic amines) is 1. The zero-order valence-corrected chi connectivity index (χ0v) is 18.3. The van der Waals surface area contributed by atoms with Crippen LogP contribution in [0, 0.1) is 0 Å². The van der Waals surface area contributed by atoms with Gasteiger partial charge in [0.2, 0.25) is 0 Å². The Labute approximate surface area is 180 Å². The summed E-state index contributed by atoms with van der Waals surface area (Å²) < 4.78 is 13.3. The van der Waals surface area contributed by atoms with E-state index < -0.39 is 0 Å². The van der Waals surface area contributed by atoms with Gasteiger partial charge in [-0.2, -0.15) is 0 Å². The van der Waals surface area contributed by atoms with Gasteiger partial charge in [-0.05, 0) is 24.8 Å². The maximum Gasteiger partial charge on any atom is 0.193 e. The first-order chi connectivity index (χ1) is 14.8. The Morgan fingerprint density at radius 1 is 1.20 bits per heavy atom. The van der Waals surface area contributed by atoms with Crippen molar-refractivity contribution in [2.75, 3.05) is 47.0 Å². The molecule has 0 amide bonds. The van der Waals surface area contributed by atoms with Gasteiger partial charge in [0.1, 0.15) is 5.82 Å². The number of nitrogens with one attached hydrogen (secondary N) is 1. The van der Waals surface area contributed by atoms with E-state index in [0.29, 0.717) is 6.10 Å². The van der Waals surface area contributed by atoms with Crippen LogP contribution >= 0.6 is 0 Å². The van der Waals surface area contributed by atoms with Crippen molar-refractivity contribution in [3.63, 3.8) is 0 Å². The zero-order chi connectivity index (χ0) is 21.0. The van der Waals surface area contributed by atoms with Crippen LogP contribution in [0.4, 0.5) is 0 Å². The van der Waals surface area contributed by atoms with Crippen LogP contribution in [0.5, 0.6) is 0 Å². The lowest BCUT2D eigenvalue weighted by Crippen LogP contribution is -2.47. The number of imidazole rings is 1. The molecule has 164 valence electrons. The van der Waals surface area contributed by atoms with Crippen molar-refractivity contribution < 1.29 is 9.47 Å². The zero-order valence-electron chi connectivity index (χ0n) is 18.3. The second kappa shape index (κ2) is 12.3. The number of ether oxygens (including phenoxy) is 2. The van der Waals surface area contributed by atoms with E-state index in [2.05, 4.69) is 55.2 Å². The van der Waals surface area contributed by atoms with Crippen LogP contribution in [-0.4, -0.2) is 73.5 Å². The minimum absolute atomic E-state index is 0.349. The molecule has 2 aromatic rings. The highest BCUT2D eigenvalue weighted by Gasteiger charge is 2.21. The van der Waals surface area contributed by atoms with Gasteiger partial charge >= 0.3 is 0 Å². The Morgan fingerprint density at radius 2 is 2.00 bits per heavy atom. The second-order valence-corrected chi connectivity index (χ2v) is 7.58. The van der Waals surface area contributed by atoms with Crippen molar-refractivity contribution in [2.24, 2.45) is 4.99 Å². The average Bonchev–Trinajstić information content (AvgIpc) is 3.22. The van der Waals surface area contributed by atoms with Gasteiger partial charge in [-0.3, -0.25) is 4.99 Å². The summed E-state index contributed by atoms with van der Waals surface area (Å²) in [5.41, 5.74) is 1.29. The summed E-state index contributed by atoms with van der Waals surface area (Å²) in [5, 5.41) is 3.51. The van der Waals surface area contributed by atoms with Crippen LogP contribution in [-0.2, 0) is 22.4 Å². The van der Waals surface area contributed by atoms with Crippen molar-refractivity contribution in [1.82, 2.24) is 19.8 Å². The Kier molecular flexibility index (Phi) is 9.18. The van der Waals surface area contributed by atoms with Crippen LogP contribution < -0.4 is 5.32 Å². The first kappa shape index (κ1) is 22.3. The number of methoxy groups -OCH3 is 1. The SMILES string of the molecule is CN=C(NCCc1nccn1Cc1ccccc1)N1CCC(OCCCOC)CC1. The summed E-state index contributed by atoms with van der Waals surface area (Å²) in [6, 6.07) is 10.5. The molecular weight excluding hydrogens is 378 g/mol. The van der Waals surface area contributed by atoms with Crippen LogP contribution in [0.25, 0.3) is 0 Å². The van der Waals surface area contributed by atoms with Crippen molar-refractivity contribution >= 4 is 5.96 Å². The summed E-state index contributed by atoms with van der Waals surface area (Å²) in [6.45, 7) is 5.14. The van der Waals surface area contributed by atoms with Crippen LogP contribution in [0.2, 0.25) is 0 Å². The van der Waals surface area contributed by atoms with E-state index in [-0.39, 0.29) is 0 Å². The summed E-state index contributed by atoms with van der Waals surface area (Å²) in [4.78, 5) is 11.3. The molecule has 0 radical (unpaired) electrons. The number of hydrogen-bond donors (Lipinski definition) is 1. The average molecular weight is 414 g/mol. The fourth-order valence-electron chi connectivity index (χ4n) is 3.80. The molecule has 0 aliphatic carbocycles. The molecule has 0 spiro atoms. The highest BCUT2D eigenvalue weighted by Crippen LogP contribution is 2.14. The first-order valence-corrected chi connectivity index (χ1v) is 10.9. The summed E-state index contributed by atoms with van der Waals surface area (Å²) in [7, 11) is 3.58. The lowest BCUT2D eigenvalue weighted by atomic mass is 10.1. The van der Waals surface area contributed by atoms with Gasteiger partial charge in [0.25, 0.3) is 0 Å². The van der Waals surface area contributed by atoms with E-state index in [9.17, 15) is 0 Å². The fourth-order valence-corrected chi connectivity index (χ4v) is 3.80. The number of aliphatic imine (C=N–C) groups is 1. The van der Waals surface area contributed by atoms with Crippen LogP contribution in [0.3, 0.4) is 0 Å². The molecule has 7 heteroatoms. The van der Waals surface area contributed by atoms with Gasteiger partial charge in [-0.15, -0.1) is 0 Å². The summed E-state index contributed by atoms with van der Waals surface area (Å²) in [5.74, 6) is 2.05. The minimum atomic E-state index is 0.349. The molecule has 1 aromatic carbocycles. The van der Waals surface area contributed by atoms with Gasteiger partial charge < -0.3 is 24.3 Å². The van der Waals surface area contributed by atoms with Crippen molar-refractivity contribution in [3.8, 4) is 0 Å². The van der Waals surface area contributed by atoms with Gasteiger partial charge in [-0.25, -0.2) is 4.98 Å². The number of piperidine rings is 1. The number of guanidine groups is 1. The van der Waals surface area contributed by atoms with E-state index in [1.165, 1.54) is 5.56 Å². The molecule has 0 atom stereocenters. The van der Waals surface area contributed by atoms with Crippen LogP contribution in [0.1, 0.15) is 30.7 Å². The van der Waals surface area contributed by atoms with Crippen molar-refractivity contribution in [1.29, 1.82) is 0 Å². The third-order valence-corrected chi connectivity index (χ3v) is 5.43. The molecule has 1 aliphatic heterocycles. The fraction of sp³-hybridized carbons (Fsp3) is 0.565. The van der Waals surface area contributed by atoms with Gasteiger partial charge in [0, 0.05) is 72.4 Å². The molecule has 1 N–H and O–H groups in total. The third kappa shape index (κ3) is 6.85. The molecule has 0 saturated carbocycles. The molecule has 0 unspecified atom stereocenters. The maximum atomic E-state index is 5.96. The maximum absolute atomic E-state index is 5.96. The van der Waals surface area contributed by atoms with E-state index in [1.807, 2.05) is 19.3 Å². The lowest BCUT2D eigenvalue weighted by molar-refractivity contribution is 0.00991. The number of nitrogens with zero attached hydrogens (tertiary/aromatic N) is 4. The van der Waals surface area contributed by atoms with Gasteiger partial charge in [0.05, 0.1) is 6.10 Å². The van der Waals surface area contributed by atoms with E-state index >= 15 is 0 Å². The third-order valence-electron chi connectivity index (χ3n) is 5.43. The number of rotatable bonds is 10. The predicted octanol–water partition coefficient (Wildman–Crippen LogP) is 2.57. The van der Waals surface area contributed by atoms with Crippen molar-refractivity contribution in [2.45, 2.75) is 38.3 Å². The highest BCUT2D eigenvalue weighted by atomic mass is 16.5. The van der Waals surface area contributed by atoms with Crippen LogP contribution in [0.15, 0.2) is 47.7 Å². The molecule has 0 bridgehead atoms. The number of aromatic nitrogens is 2. The highest BCUT2D eigenvalue weighted by molar-refractivity contribution is 5.79. The number of benzene rings is 1. The Morgan fingerprint density at radius 3 is 2.73 bits per heavy atom. The molecule has 2 heterocycles. The Hall–Kier alpha value is -2.38. The second-order valence-electron chi connectivity index (χ2n) is 7.58. The number of hydrogen-bond acceptors (Lipinski definition) is 4. The minimum Gasteiger partial charge on any atom is -0.385 e. The van der Waals surface area contributed by atoms with E-state index in [4.69, 9.17) is 9.47 Å². The Balaban J connectivity index is 1.40. The van der Waals surface area contributed by atoms with Gasteiger partial charge in [0.15, 0.2) is 5.96 Å². The Bertz CT molecular complexity index is 754. The normalized spacial score (nSPS) is 15.5. The van der Waals surface area contributed by atoms with Crippen molar-refractivity contribution in [3.05, 3.63) is 54.1 Å². The molecule has 1 fully saturated rings. The predicted molar refractivity (Wildman–Crippen MR) is 120 cm³/mol. The topological polar surface area (TPSA) is 63.9 Å². The smallest absolute Gasteiger partial charge is 0.193 e. The quantitative estimate of drug-likeness (QED) is 0.368. The lowest BCUT2D eigenvalue weighted by Gasteiger charge is -2.34. The molecule has 7 nitrogen and oxygen atoms in total. The molecule has 3 rings (SSSR count). The van der Waals surface area contributed by atoms with Gasteiger partial charge in [-0.1, -0.05) is 30.3 Å². The standard InChI is InChI=1S/C23H35N5O2/c1-24-23(27-14-10-21(11-15-27)30-18-6-17-29-2)26-12-9-22-25-13-16-28(22)19-20-7-4-3-5-8-20/h3-5,7-8,13,16,21H,6,9-12,14-15,17-19H2,1-2H3,(H,24,26). The van der Waals surface area contributed by atoms with E-state index in [0.717, 1.165) is 76.9 Å².